The van der Waals surface area contributed by atoms with Gasteiger partial charge in [-0.05, 0) is 18.6 Å². The van der Waals surface area contributed by atoms with Gasteiger partial charge < -0.3 is 10.5 Å². The van der Waals surface area contributed by atoms with Crippen LogP contribution in [0, 0.1) is 6.92 Å². The van der Waals surface area contributed by atoms with E-state index >= 15 is 0 Å². The van der Waals surface area contributed by atoms with Crippen LogP contribution in [0.3, 0.4) is 0 Å². The van der Waals surface area contributed by atoms with E-state index in [-0.39, 0.29) is 5.88 Å². The third-order valence-electron chi connectivity index (χ3n) is 1.58. The van der Waals surface area contributed by atoms with E-state index in [1.165, 1.54) is 0 Å². The number of aromatic nitrogens is 1. The first-order valence-corrected chi connectivity index (χ1v) is 4.20. The van der Waals surface area contributed by atoms with Crippen LogP contribution in [0.4, 0.5) is 8.78 Å². The Morgan fingerprint density at radius 1 is 1.50 bits per heavy atom. The van der Waals surface area contributed by atoms with E-state index in [4.69, 9.17) is 10.5 Å². The van der Waals surface area contributed by atoms with E-state index in [0.717, 1.165) is 5.56 Å². The molecule has 0 spiro atoms. The number of halogens is 2. The molecule has 0 atom stereocenters. The Balaban J connectivity index is 2.71. The number of pyridine rings is 1. The monoisotopic (exact) mass is 202 g/mol. The minimum atomic E-state index is -2.49. The first-order chi connectivity index (χ1) is 6.61. The fourth-order valence-corrected chi connectivity index (χ4v) is 1.05. The van der Waals surface area contributed by atoms with Crippen LogP contribution in [0.5, 0.6) is 5.88 Å². The van der Waals surface area contributed by atoms with Crippen molar-refractivity contribution in [2.24, 2.45) is 5.73 Å². The molecular weight excluding hydrogens is 190 g/mol. The quantitative estimate of drug-likeness (QED) is 0.804. The second-order valence-corrected chi connectivity index (χ2v) is 2.86. The molecule has 0 saturated carbocycles. The zero-order valence-electron chi connectivity index (χ0n) is 7.84. The number of nitrogens with two attached hydrogens (primary N) is 1. The van der Waals surface area contributed by atoms with Crippen LogP contribution in [0.15, 0.2) is 12.1 Å². The molecular formula is C9H12F2N2O. The van der Waals surface area contributed by atoms with E-state index in [9.17, 15) is 8.78 Å². The van der Waals surface area contributed by atoms with E-state index in [2.05, 4.69) is 4.98 Å². The Labute approximate surface area is 80.9 Å². The van der Waals surface area contributed by atoms with Crippen LogP contribution in [0.2, 0.25) is 0 Å². The third kappa shape index (κ3) is 3.26. The van der Waals surface area contributed by atoms with Gasteiger partial charge in [0.25, 0.3) is 6.43 Å². The summed E-state index contributed by atoms with van der Waals surface area (Å²) in [5.74, 6) is 0.200. The summed E-state index contributed by atoms with van der Waals surface area (Å²) in [4.78, 5) is 3.94. The number of hydrogen-bond acceptors (Lipinski definition) is 3. The Bertz CT molecular complexity index is 305. The van der Waals surface area contributed by atoms with Gasteiger partial charge in [-0.25, -0.2) is 13.8 Å². The zero-order chi connectivity index (χ0) is 10.6. The average Bonchev–Trinajstić information content (AvgIpc) is 2.14. The summed E-state index contributed by atoms with van der Waals surface area (Å²) in [5.41, 5.74) is 6.94. The highest BCUT2D eigenvalue weighted by Gasteiger charge is 2.05. The fraction of sp³-hybridized carbons (Fsp3) is 0.444. The Morgan fingerprint density at radius 3 is 2.79 bits per heavy atom. The summed E-state index contributed by atoms with van der Waals surface area (Å²) < 4.78 is 28.4. The van der Waals surface area contributed by atoms with Crippen LogP contribution in [0.25, 0.3) is 0 Å². The molecule has 78 valence electrons. The van der Waals surface area contributed by atoms with Gasteiger partial charge in [0.05, 0.1) is 0 Å². The maximum atomic E-state index is 11.8. The van der Waals surface area contributed by atoms with Gasteiger partial charge in [-0.15, -0.1) is 0 Å². The molecule has 0 bridgehead atoms. The molecule has 0 saturated heterocycles. The fourth-order valence-electron chi connectivity index (χ4n) is 1.05. The lowest BCUT2D eigenvalue weighted by molar-refractivity contribution is 0.0794. The molecule has 0 aliphatic carbocycles. The SMILES string of the molecule is Cc1cc(CN)cc(OCC(F)F)n1. The second-order valence-electron chi connectivity index (χ2n) is 2.86. The molecule has 0 fully saturated rings. The smallest absolute Gasteiger partial charge is 0.272 e. The molecule has 0 unspecified atom stereocenters. The minimum Gasteiger partial charge on any atom is -0.472 e. The predicted octanol–water partition coefficient (Wildman–Crippen LogP) is 1.49. The largest absolute Gasteiger partial charge is 0.472 e. The van der Waals surface area contributed by atoms with Crippen molar-refractivity contribution in [1.82, 2.24) is 4.98 Å². The van der Waals surface area contributed by atoms with E-state index in [0.29, 0.717) is 12.2 Å². The van der Waals surface area contributed by atoms with Gasteiger partial charge in [0.2, 0.25) is 5.88 Å². The normalized spacial score (nSPS) is 10.6. The van der Waals surface area contributed by atoms with Crippen molar-refractivity contribution in [3.05, 3.63) is 23.4 Å². The Morgan fingerprint density at radius 2 is 2.21 bits per heavy atom. The Kier molecular flexibility index (Phi) is 3.76. The van der Waals surface area contributed by atoms with Crippen molar-refractivity contribution in [2.75, 3.05) is 6.61 Å². The number of nitrogens with zero attached hydrogens (tertiary/aromatic N) is 1. The average molecular weight is 202 g/mol. The van der Waals surface area contributed by atoms with Crippen LogP contribution in [-0.2, 0) is 6.54 Å². The number of rotatable bonds is 4. The molecule has 0 amide bonds. The molecule has 1 rings (SSSR count). The van der Waals surface area contributed by atoms with Gasteiger partial charge in [-0.3, -0.25) is 0 Å². The summed E-state index contributed by atoms with van der Waals surface area (Å²) in [6.07, 6.45) is -2.49. The summed E-state index contributed by atoms with van der Waals surface area (Å²) in [5, 5.41) is 0. The molecule has 0 aliphatic rings. The van der Waals surface area contributed by atoms with Crippen molar-refractivity contribution in [2.45, 2.75) is 19.9 Å². The number of ether oxygens (including phenoxy) is 1. The lowest BCUT2D eigenvalue weighted by atomic mass is 10.2. The summed E-state index contributed by atoms with van der Waals surface area (Å²) >= 11 is 0. The molecule has 1 aromatic rings. The second kappa shape index (κ2) is 4.85. The molecule has 0 aromatic carbocycles. The molecule has 3 nitrogen and oxygen atoms in total. The topological polar surface area (TPSA) is 48.1 Å². The summed E-state index contributed by atoms with van der Waals surface area (Å²) in [6.45, 7) is 1.46. The zero-order valence-corrected chi connectivity index (χ0v) is 7.84. The van der Waals surface area contributed by atoms with Crippen molar-refractivity contribution < 1.29 is 13.5 Å². The van der Waals surface area contributed by atoms with Gasteiger partial charge in [0, 0.05) is 18.3 Å². The number of alkyl halides is 2. The van der Waals surface area contributed by atoms with Gasteiger partial charge >= 0.3 is 0 Å². The van der Waals surface area contributed by atoms with Gasteiger partial charge in [0.15, 0.2) is 6.61 Å². The molecule has 0 radical (unpaired) electrons. The highest BCUT2D eigenvalue weighted by molar-refractivity contribution is 5.24. The summed E-state index contributed by atoms with van der Waals surface area (Å²) in [7, 11) is 0. The lowest BCUT2D eigenvalue weighted by Crippen LogP contribution is -2.09. The maximum absolute atomic E-state index is 11.8. The van der Waals surface area contributed by atoms with Crippen LogP contribution >= 0.6 is 0 Å². The van der Waals surface area contributed by atoms with E-state index < -0.39 is 13.0 Å². The molecule has 1 aromatic heterocycles. The van der Waals surface area contributed by atoms with Crippen LogP contribution in [0.1, 0.15) is 11.3 Å². The summed E-state index contributed by atoms with van der Waals surface area (Å²) in [6, 6.07) is 3.35. The highest BCUT2D eigenvalue weighted by Crippen LogP contribution is 2.12. The van der Waals surface area contributed by atoms with Crippen LogP contribution in [-0.4, -0.2) is 18.0 Å². The molecule has 2 N–H and O–H groups in total. The Hall–Kier alpha value is -1.23. The van der Waals surface area contributed by atoms with Crippen molar-refractivity contribution >= 4 is 0 Å². The third-order valence-corrected chi connectivity index (χ3v) is 1.58. The number of hydrogen-bond donors (Lipinski definition) is 1. The van der Waals surface area contributed by atoms with Crippen molar-refractivity contribution in [3.8, 4) is 5.88 Å². The van der Waals surface area contributed by atoms with E-state index in [1.54, 1.807) is 19.1 Å². The first kappa shape index (κ1) is 10.8. The van der Waals surface area contributed by atoms with Crippen LogP contribution < -0.4 is 10.5 Å². The van der Waals surface area contributed by atoms with Gasteiger partial charge in [-0.1, -0.05) is 0 Å². The maximum Gasteiger partial charge on any atom is 0.272 e. The highest BCUT2D eigenvalue weighted by atomic mass is 19.3. The first-order valence-electron chi connectivity index (χ1n) is 4.20. The predicted molar refractivity (Wildman–Crippen MR) is 48.4 cm³/mol. The lowest BCUT2D eigenvalue weighted by Gasteiger charge is -2.06. The molecule has 0 aliphatic heterocycles. The van der Waals surface area contributed by atoms with Crippen molar-refractivity contribution in [3.63, 3.8) is 0 Å². The standard InChI is InChI=1S/C9H12F2N2O/c1-6-2-7(4-12)3-9(13-6)14-5-8(10)11/h2-3,8H,4-5,12H2,1H3. The van der Waals surface area contributed by atoms with E-state index in [1.807, 2.05) is 0 Å². The molecule has 5 heteroatoms. The van der Waals surface area contributed by atoms with Gasteiger partial charge in [0.1, 0.15) is 0 Å². The van der Waals surface area contributed by atoms with Crippen molar-refractivity contribution in [1.29, 1.82) is 0 Å². The number of aryl methyl sites for hydroxylation is 1. The molecule has 1 heterocycles. The minimum absolute atomic E-state index is 0.200. The van der Waals surface area contributed by atoms with Gasteiger partial charge in [-0.2, -0.15) is 0 Å². The molecule has 14 heavy (non-hydrogen) atoms.